The first-order valence-electron chi connectivity index (χ1n) is 14.2. The highest BCUT2D eigenvalue weighted by molar-refractivity contribution is 5.82. The molecule has 43 heavy (non-hydrogen) atoms. The minimum atomic E-state index is -1.33. The van der Waals surface area contributed by atoms with Crippen LogP contribution in [0.15, 0.2) is 47.4 Å². The number of aryl methyl sites for hydroxylation is 2. The van der Waals surface area contributed by atoms with Crippen LogP contribution in [0.2, 0.25) is 0 Å². The van der Waals surface area contributed by atoms with Gasteiger partial charge in [-0.25, -0.2) is 8.78 Å². The molecule has 9 heteroatoms. The van der Waals surface area contributed by atoms with Crippen molar-refractivity contribution in [3.8, 4) is 23.5 Å². The molecule has 3 aromatic rings. The summed E-state index contributed by atoms with van der Waals surface area (Å²) in [5.74, 6) is -1.58. The maximum atomic E-state index is 15.8. The number of benzene rings is 2. The van der Waals surface area contributed by atoms with Gasteiger partial charge in [0.05, 0.1) is 18.0 Å². The van der Waals surface area contributed by atoms with E-state index in [1.165, 1.54) is 18.3 Å². The molecular formula is C34H39F2N3O4. The molecule has 1 heterocycles. The number of carbonyl (C=O) groups excluding carboxylic acids is 1. The van der Waals surface area contributed by atoms with Crippen LogP contribution in [0.25, 0.3) is 11.1 Å². The number of likely N-dealkylation sites (N-methyl/N-ethyl adjacent to an activating group) is 1. The fourth-order valence-corrected chi connectivity index (χ4v) is 5.24. The molecule has 0 aliphatic heterocycles. The van der Waals surface area contributed by atoms with Gasteiger partial charge in [-0.3, -0.25) is 14.4 Å². The van der Waals surface area contributed by atoms with E-state index in [0.29, 0.717) is 24.1 Å². The molecule has 7 nitrogen and oxygen atoms in total. The van der Waals surface area contributed by atoms with Gasteiger partial charge in [0.2, 0.25) is 5.91 Å². The molecule has 0 fully saturated rings. The van der Waals surface area contributed by atoms with E-state index < -0.39 is 47.6 Å². The zero-order chi connectivity index (χ0) is 32.0. The van der Waals surface area contributed by atoms with E-state index in [1.54, 1.807) is 0 Å². The number of hydrogen-bond acceptors (Lipinski definition) is 4. The maximum absolute atomic E-state index is 15.8. The van der Waals surface area contributed by atoms with Crippen LogP contribution in [0.3, 0.4) is 0 Å². The lowest BCUT2D eigenvalue weighted by Crippen LogP contribution is -2.41. The van der Waals surface area contributed by atoms with Crippen molar-refractivity contribution >= 4 is 11.9 Å². The van der Waals surface area contributed by atoms with Crippen molar-refractivity contribution in [3.63, 3.8) is 0 Å². The van der Waals surface area contributed by atoms with Gasteiger partial charge in [-0.1, -0.05) is 38.0 Å². The fraction of sp³-hybridized carbons (Fsp3) is 0.382. The van der Waals surface area contributed by atoms with Crippen LogP contribution in [-0.4, -0.2) is 47.1 Å². The number of carbonyl (C=O) groups is 2. The van der Waals surface area contributed by atoms with Crippen LogP contribution in [0.1, 0.15) is 66.6 Å². The molecule has 1 amide bonds. The standard InChI is InChI=1S/C34H39F2N3O4/c1-8-24-16-25(31-21(4)10-9-11-22(31)5)17-26(32(24)36)28(18-30(40)41)37-33(42)29(14-20(2)3)39-19-23(12-13-38(6)7)15-27(35)34(39)43/h1,9-11,15-17,19-20,28-29H,12-14,18H2,2-7H3,(H,37,42)(H,40,41)/t28-,29-/m0/s1. The van der Waals surface area contributed by atoms with Gasteiger partial charge in [-0.05, 0) is 92.7 Å². The number of halogens is 2. The van der Waals surface area contributed by atoms with Crippen molar-refractivity contribution in [2.45, 2.75) is 59.0 Å². The average Bonchev–Trinajstić information content (AvgIpc) is 2.92. The molecule has 3 rings (SSSR count). The minimum Gasteiger partial charge on any atom is -0.481 e. The number of nitrogens with one attached hydrogen (secondary N) is 1. The van der Waals surface area contributed by atoms with E-state index in [0.717, 1.165) is 27.3 Å². The maximum Gasteiger partial charge on any atom is 0.305 e. The highest BCUT2D eigenvalue weighted by Crippen LogP contribution is 2.33. The first-order valence-corrected chi connectivity index (χ1v) is 14.2. The van der Waals surface area contributed by atoms with Crippen molar-refractivity contribution in [1.29, 1.82) is 0 Å². The summed E-state index contributed by atoms with van der Waals surface area (Å²) in [6, 6.07) is 7.39. The quantitative estimate of drug-likeness (QED) is 0.275. The van der Waals surface area contributed by atoms with E-state index in [1.807, 2.05) is 64.9 Å². The van der Waals surface area contributed by atoms with Crippen molar-refractivity contribution in [1.82, 2.24) is 14.8 Å². The molecule has 0 aliphatic carbocycles. The Balaban J connectivity index is 2.13. The first-order chi connectivity index (χ1) is 20.2. The SMILES string of the molecule is C#Cc1cc(-c2c(C)cccc2C)cc([C@H](CC(=O)O)NC(=O)[C@H](CC(C)C)n2cc(CCN(C)C)cc(F)c2=O)c1F. The zero-order valence-corrected chi connectivity index (χ0v) is 25.5. The first kappa shape index (κ1) is 33.2. The molecule has 0 saturated heterocycles. The summed E-state index contributed by atoms with van der Waals surface area (Å²) in [6.07, 6.45) is 7.05. The number of hydrogen-bond donors (Lipinski definition) is 2. The average molecular weight is 592 g/mol. The second-order valence-electron chi connectivity index (χ2n) is 11.6. The predicted molar refractivity (Wildman–Crippen MR) is 164 cm³/mol. The number of terminal acetylenes is 1. The van der Waals surface area contributed by atoms with Crippen LogP contribution in [-0.2, 0) is 16.0 Å². The Hall–Kier alpha value is -4.29. The Kier molecular flexibility index (Phi) is 11.0. The van der Waals surface area contributed by atoms with Crippen LogP contribution >= 0.6 is 0 Å². The molecule has 2 atom stereocenters. The number of rotatable bonds is 12. The zero-order valence-electron chi connectivity index (χ0n) is 25.5. The molecule has 0 saturated carbocycles. The molecule has 228 valence electrons. The summed E-state index contributed by atoms with van der Waals surface area (Å²) in [5.41, 5.74) is 2.60. The Bertz CT molecular complexity index is 1580. The number of aliphatic carboxylic acids is 1. The third-order valence-electron chi connectivity index (χ3n) is 7.33. The fourth-order valence-electron chi connectivity index (χ4n) is 5.24. The number of pyridine rings is 1. The summed E-state index contributed by atoms with van der Waals surface area (Å²) in [7, 11) is 3.73. The molecule has 2 N–H and O–H groups in total. The minimum absolute atomic E-state index is 0.0783. The van der Waals surface area contributed by atoms with Gasteiger partial charge in [0.1, 0.15) is 11.9 Å². The lowest BCUT2D eigenvalue weighted by Gasteiger charge is -2.26. The third-order valence-corrected chi connectivity index (χ3v) is 7.33. The molecule has 1 aromatic heterocycles. The number of carboxylic acids is 1. The van der Waals surface area contributed by atoms with E-state index >= 15 is 4.39 Å². The molecule has 0 radical (unpaired) electrons. The smallest absolute Gasteiger partial charge is 0.305 e. The van der Waals surface area contributed by atoms with E-state index in [9.17, 15) is 23.9 Å². The number of carboxylic acid groups (broad SMARTS) is 1. The Labute approximate surface area is 251 Å². The number of amides is 1. The lowest BCUT2D eigenvalue weighted by atomic mass is 9.90. The van der Waals surface area contributed by atoms with Crippen molar-refractivity contribution in [2.24, 2.45) is 5.92 Å². The Morgan fingerprint density at radius 2 is 1.77 bits per heavy atom. The van der Waals surface area contributed by atoms with Gasteiger partial charge in [0.25, 0.3) is 5.56 Å². The summed E-state index contributed by atoms with van der Waals surface area (Å²) in [5, 5.41) is 12.4. The number of nitrogens with zero attached hydrogens (tertiary/aromatic N) is 2. The van der Waals surface area contributed by atoms with Crippen molar-refractivity contribution < 1.29 is 23.5 Å². The highest BCUT2D eigenvalue weighted by atomic mass is 19.1. The molecule has 0 unspecified atom stereocenters. The second-order valence-corrected chi connectivity index (χ2v) is 11.6. The Morgan fingerprint density at radius 1 is 1.12 bits per heavy atom. The monoisotopic (exact) mass is 591 g/mol. The van der Waals surface area contributed by atoms with Gasteiger partial charge in [0, 0.05) is 18.3 Å². The summed E-state index contributed by atoms with van der Waals surface area (Å²) in [4.78, 5) is 40.7. The molecule has 0 aliphatic rings. The number of aromatic nitrogens is 1. The third kappa shape index (κ3) is 8.17. The molecule has 2 aromatic carbocycles. The van der Waals surface area contributed by atoms with E-state index in [4.69, 9.17) is 6.42 Å². The molecule has 0 bridgehead atoms. The van der Waals surface area contributed by atoms with Gasteiger partial charge in [0.15, 0.2) is 5.82 Å². The van der Waals surface area contributed by atoms with E-state index in [2.05, 4.69) is 11.2 Å². The van der Waals surface area contributed by atoms with Crippen molar-refractivity contribution in [3.05, 3.63) is 92.4 Å². The van der Waals surface area contributed by atoms with Crippen LogP contribution in [0, 0.1) is 43.7 Å². The largest absolute Gasteiger partial charge is 0.481 e. The highest BCUT2D eigenvalue weighted by Gasteiger charge is 2.30. The van der Waals surface area contributed by atoms with Gasteiger partial charge in [-0.2, -0.15) is 0 Å². The van der Waals surface area contributed by atoms with Crippen LogP contribution < -0.4 is 10.9 Å². The molecule has 0 spiro atoms. The van der Waals surface area contributed by atoms with Crippen molar-refractivity contribution in [2.75, 3.05) is 20.6 Å². The van der Waals surface area contributed by atoms with Gasteiger partial charge < -0.3 is 19.9 Å². The van der Waals surface area contributed by atoms with Crippen LogP contribution in [0.5, 0.6) is 0 Å². The molecular weight excluding hydrogens is 552 g/mol. The van der Waals surface area contributed by atoms with Gasteiger partial charge in [-0.15, -0.1) is 6.42 Å². The summed E-state index contributed by atoms with van der Waals surface area (Å²) >= 11 is 0. The van der Waals surface area contributed by atoms with Crippen LogP contribution in [0.4, 0.5) is 8.78 Å². The normalized spacial score (nSPS) is 12.7. The van der Waals surface area contributed by atoms with Gasteiger partial charge >= 0.3 is 5.97 Å². The second kappa shape index (κ2) is 14.3. The topological polar surface area (TPSA) is 91.6 Å². The van der Waals surface area contributed by atoms with E-state index in [-0.39, 0.29) is 23.5 Å². The predicted octanol–water partition coefficient (Wildman–Crippen LogP) is 5.42. The summed E-state index contributed by atoms with van der Waals surface area (Å²) in [6.45, 7) is 8.08. The Morgan fingerprint density at radius 3 is 2.33 bits per heavy atom. The summed E-state index contributed by atoms with van der Waals surface area (Å²) < 4.78 is 31.6. The lowest BCUT2D eigenvalue weighted by molar-refractivity contribution is -0.138.